The summed E-state index contributed by atoms with van der Waals surface area (Å²) in [5.41, 5.74) is 1.12. The van der Waals surface area contributed by atoms with Gasteiger partial charge in [-0.05, 0) is 33.3 Å². The largest absolute Gasteiger partial charge is 0.462 e. The van der Waals surface area contributed by atoms with E-state index in [-0.39, 0.29) is 18.0 Å². The van der Waals surface area contributed by atoms with Crippen molar-refractivity contribution in [1.29, 1.82) is 0 Å². The van der Waals surface area contributed by atoms with Crippen LogP contribution in [0.25, 0.3) is 0 Å². The molecule has 0 bridgehead atoms. The highest BCUT2D eigenvalue weighted by Gasteiger charge is 2.25. The van der Waals surface area contributed by atoms with Crippen molar-refractivity contribution < 1.29 is 19.1 Å². The number of carbonyl (C=O) groups is 3. The molecule has 0 spiro atoms. The molecule has 0 fully saturated rings. The van der Waals surface area contributed by atoms with E-state index in [9.17, 15) is 14.4 Å². The molecule has 0 aliphatic heterocycles. The Kier molecular flexibility index (Phi) is 5.50. The van der Waals surface area contributed by atoms with Crippen LogP contribution in [0.5, 0.6) is 0 Å². The van der Waals surface area contributed by atoms with Crippen LogP contribution in [-0.4, -0.2) is 34.0 Å². The van der Waals surface area contributed by atoms with Crippen molar-refractivity contribution in [2.24, 2.45) is 0 Å². The van der Waals surface area contributed by atoms with E-state index in [0.29, 0.717) is 27.5 Å². The molecule has 7 nitrogen and oxygen atoms in total. The fourth-order valence-corrected chi connectivity index (χ4v) is 3.30. The second kappa shape index (κ2) is 7.39. The third-order valence-electron chi connectivity index (χ3n) is 3.39. The van der Waals surface area contributed by atoms with Gasteiger partial charge >= 0.3 is 5.97 Å². The van der Waals surface area contributed by atoms with Gasteiger partial charge in [0.25, 0.3) is 5.91 Å². The molecule has 0 aliphatic rings. The van der Waals surface area contributed by atoms with Gasteiger partial charge in [0.1, 0.15) is 5.00 Å². The molecule has 8 heteroatoms. The lowest BCUT2D eigenvalue weighted by atomic mass is 10.1. The highest BCUT2D eigenvalue weighted by atomic mass is 32.1. The number of thiophene rings is 1. The zero-order valence-corrected chi connectivity index (χ0v) is 14.8. The van der Waals surface area contributed by atoms with Crippen molar-refractivity contribution in [2.45, 2.75) is 34.2 Å². The fraction of sp³-hybridized carbons (Fsp3) is 0.375. The van der Waals surface area contributed by atoms with Crippen molar-refractivity contribution in [3.05, 3.63) is 34.0 Å². The predicted octanol–water partition coefficient (Wildman–Crippen LogP) is 2.90. The van der Waals surface area contributed by atoms with E-state index in [2.05, 4.69) is 10.4 Å². The number of hydrogen-bond donors (Lipinski definition) is 1. The first-order valence-electron chi connectivity index (χ1n) is 7.54. The molecule has 2 heterocycles. The lowest BCUT2D eigenvalue weighted by Crippen LogP contribution is -2.14. The summed E-state index contributed by atoms with van der Waals surface area (Å²) >= 11 is 1.07. The predicted molar refractivity (Wildman–Crippen MR) is 90.9 cm³/mol. The molecule has 24 heavy (non-hydrogen) atoms. The van der Waals surface area contributed by atoms with E-state index in [0.717, 1.165) is 11.3 Å². The minimum atomic E-state index is -0.557. The molecule has 0 aromatic carbocycles. The zero-order valence-electron chi connectivity index (χ0n) is 14.0. The molecule has 0 aliphatic carbocycles. The number of nitrogens with zero attached hydrogens (tertiary/aromatic N) is 2. The summed E-state index contributed by atoms with van der Waals surface area (Å²) in [5, 5.41) is 7.05. The number of anilines is 1. The first kappa shape index (κ1) is 17.9. The van der Waals surface area contributed by atoms with E-state index < -0.39 is 11.9 Å². The molecule has 1 amide bonds. The van der Waals surface area contributed by atoms with Crippen molar-refractivity contribution in [3.8, 4) is 0 Å². The van der Waals surface area contributed by atoms with Crippen LogP contribution in [0.15, 0.2) is 12.4 Å². The van der Waals surface area contributed by atoms with Gasteiger partial charge in [-0.2, -0.15) is 5.10 Å². The fourth-order valence-electron chi connectivity index (χ4n) is 2.22. The van der Waals surface area contributed by atoms with Crippen molar-refractivity contribution in [2.75, 3.05) is 11.9 Å². The van der Waals surface area contributed by atoms with Gasteiger partial charge in [-0.15, -0.1) is 11.3 Å². The third-order valence-corrected chi connectivity index (χ3v) is 4.70. The van der Waals surface area contributed by atoms with Gasteiger partial charge in [0.2, 0.25) is 0 Å². The Bertz CT molecular complexity index is 791. The minimum Gasteiger partial charge on any atom is -0.462 e. The molecular weight excluding hydrogens is 330 g/mol. The Balaban J connectivity index is 2.37. The van der Waals surface area contributed by atoms with Crippen LogP contribution in [0.3, 0.4) is 0 Å². The van der Waals surface area contributed by atoms with Crippen LogP contribution >= 0.6 is 11.3 Å². The Labute approximate surface area is 143 Å². The van der Waals surface area contributed by atoms with E-state index in [1.165, 1.54) is 13.1 Å². The summed E-state index contributed by atoms with van der Waals surface area (Å²) in [6.45, 7) is 7.56. The van der Waals surface area contributed by atoms with Gasteiger partial charge < -0.3 is 10.1 Å². The van der Waals surface area contributed by atoms with Crippen LogP contribution in [0.2, 0.25) is 0 Å². The van der Waals surface area contributed by atoms with Gasteiger partial charge in [-0.3, -0.25) is 14.3 Å². The molecular formula is C16H19N3O4S. The summed E-state index contributed by atoms with van der Waals surface area (Å²) < 4.78 is 6.67. The molecule has 2 aromatic heterocycles. The van der Waals surface area contributed by atoms with Crippen molar-refractivity contribution in [3.63, 3.8) is 0 Å². The lowest BCUT2D eigenvalue weighted by molar-refractivity contribution is 0.0527. The van der Waals surface area contributed by atoms with Gasteiger partial charge in [0.05, 0.1) is 28.8 Å². The zero-order chi connectivity index (χ0) is 17.9. The number of rotatable bonds is 6. The van der Waals surface area contributed by atoms with E-state index in [4.69, 9.17) is 4.74 Å². The van der Waals surface area contributed by atoms with Crippen LogP contribution in [-0.2, 0) is 11.3 Å². The van der Waals surface area contributed by atoms with Gasteiger partial charge in [-0.25, -0.2) is 4.79 Å². The van der Waals surface area contributed by atoms with Crippen molar-refractivity contribution in [1.82, 2.24) is 9.78 Å². The highest BCUT2D eigenvalue weighted by molar-refractivity contribution is 7.18. The molecule has 0 saturated carbocycles. The molecule has 128 valence electrons. The Morgan fingerprint density at radius 1 is 1.33 bits per heavy atom. The number of esters is 1. The number of carbonyl (C=O) groups excluding carboxylic acids is 3. The highest BCUT2D eigenvalue weighted by Crippen LogP contribution is 2.34. The first-order valence-corrected chi connectivity index (χ1v) is 8.35. The van der Waals surface area contributed by atoms with E-state index in [1.54, 1.807) is 24.7 Å². The molecule has 2 aromatic rings. The maximum atomic E-state index is 12.4. The molecule has 0 saturated heterocycles. The standard InChI is InChI=1S/C16H19N3O4S/c1-5-19-8-11(7-17-19)14(21)18-15-12(16(22)23-6-2)9(3)13(24-15)10(4)20/h7-8H,5-6H2,1-4H3,(H,18,21). The molecule has 0 radical (unpaired) electrons. The number of aryl methyl sites for hydroxylation is 1. The third kappa shape index (κ3) is 3.53. The summed E-state index contributed by atoms with van der Waals surface area (Å²) in [5.74, 6) is -1.11. The van der Waals surface area contributed by atoms with Crippen LogP contribution < -0.4 is 5.32 Å². The number of Topliss-reactive ketones (excluding diaryl/α,β-unsaturated/α-hetero) is 1. The number of hydrogen-bond acceptors (Lipinski definition) is 6. The summed E-state index contributed by atoms with van der Waals surface area (Å²) in [4.78, 5) is 36.7. The minimum absolute atomic E-state index is 0.164. The summed E-state index contributed by atoms with van der Waals surface area (Å²) in [7, 11) is 0. The monoisotopic (exact) mass is 349 g/mol. The van der Waals surface area contributed by atoms with E-state index >= 15 is 0 Å². The maximum absolute atomic E-state index is 12.4. The van der Waals surface area contributed by atoms with Crippen LogP contribution in [0.1, 0.15) is 56.7 Å². The normalized spacial score (nSPS) is 10.5. The number of aromatic nitrogens is 2. The smallest absolute Gasteiger partial charge is 0.341 e. The second-order valence-electron chi connectivity index (χ2n) is 5.08. The number of nitrogens with one attached hydrogen (secondary N) is 1. The lowest BCUT2D eigenvalue weighted by Gasteiger charge is -2.06. The number of ether oxygens (including phenoxy) is 1. The topological polar surface area (TPSA) is 90.3 Å². The quantitative estimate of drug-likeness (QED) is 0.640. The summed E-state index contributed by atoms with van der Waals surface area (Å²) in [6, 6.07) is 0. The molecule has 1 N–H and O–H groups in total. The molecule has 0 atom stereocenters. The van der Waals surface area contributed by atoms with E-state index in [1.807, 2.05) is 6.92 Å². The molecule has 0 unspecified atom stereocenters. The number of amides is 1. The Morgan fingerprint density at radius 2 is 2.04 bits per heavy atom. The Hall–Kier alpha value is -2.48. The number of ketones is 1. The SMILES string of the molecule is CCOC(=O)c1c(NC(=O)c2cnn(CC)c2)sc(C(C)=O)c1C. The average molecular weight is 349 g/mol. The second-order valence-corrected chi connectivity index (χ2v) is 6.10. The summed E-state index contributed by atoms with van der Waals surface area (Å²) in [6.07, 6.45) is 3.07. The molecule has 2 rings (SSSR count). The van der Waals surface area contributed by atoms with Crippen molar-refractivity contribution >= 4 is 34.0 Å². The van der Waals surface area contributed by atoms with Gasteiger partial charge in [-0.1, -0.05) is 0 Å². The first-order chi connectivity index (χ1) is 11.4. The van der Waals surface area contributed by atoms with Crippen LogP contribution in [0, 0.1) is 6.92 Å². The van der Waals surface area contributed by atoms with Gasteiger partial charge in [0.15, 0.2) is 5.78 Å². The maximum Gasteiger partial charge on any atom is 0.341 e. The van der Waals surface area contributed by atoms with Gasteiger partial charge in [0, 0.05) is 12.7 Å². The Morgan fingerprint density at radius 3 is 2.58 bits per heavy atom. The van der Waals surface area contributed by atoms with Crippen LogP contribution in [0.4, 0.5) is 5.00 Å². The average Bonchev–Trinajstić information content (AvgIpc) is 3.12.